The largest absolute Gasteiger partial charge is 0.360 e. The predicted molar refractivity (Wildman–Crippen MR) is 102 cm³/mol. The monoisotopic (exact) mass is 404 g/mol. The van der Waals surface area contributed by atoms with Crippen molar-refractivity contribution in [1.29, 1.82) is 0 Å². The number of halogens is 2. The Balaban J connectivity index is 1.61. The fraction of sp³-hybridized carbons (Fsp3) is 0.188. The molecule has 4 rings (SSSR count). The highest BCUT2D eigenvalue weighted by atomic mass is 35.5. The molecule has 3 heterocycles. The molecule has 27 heavy (non-hydrogen) atoms. The first-order chi connectivity index (χ1) is 13.0. The lowest BCUT2D eigenvalue weighted by molar-refractivity contribution is 0.383. The molecule has 4 aromatic rings. The van der Waals surface area contributed by atoms with Crippen molar-refractivity contribution in [1.82, 2.24) is 30.0 Å². The van der Waals surface area contributed by atoms with Crippen molar-refractivity contribution >= 4 is 40.6 Å². The smallest absolute Gasteiger partial charge is 0.265 e. The van der Waals surface area contributed by atoms with Crippen molar-refractivity contribution in [3.8, 4) is 11.4 Å². The van der Waals surface area contributed by atoms with Gasteiger partial charge in [-0.05, 0) is 35.5 Å². The summed E-state index contributed by atoms with van der Waals surface area (Å²) in [6.45, 7) is 0.333. The van der Waals surface area contributed by atoms with Gasteiger partial charge in [-0.3, -0.25) is 0 Å². The van der Waals surface area contributed by atoms with Crippen molar-refractivity contribution in [2.75, 3.05) is 24.3 Å². The molecule has 0 radical (unpaired) electrons. The maximum Gasteiger partial charge on any atom is 0.265 e. The van der Waals surface area contributed by atoms with E-state index in [0.29, 0.717) is 45.7 Å². The standard InChI is InChI=1S/C16H14Cl2N8O/c1-25(2)16-20-14(27-24-16)8-19-12-3-4-13-21-22-15(26(13)23-12)9-5-10(17)7-11(18)6-9/h3-7H,8H2,1-2H3,(H,19,23). The van der Waals surface area contributed by atoms with E-state index in [1.807, 2.05) is 14.1 Å². The van der Waals surface area contributed by atoms with E-state index in [0.717, 1.165) is 5.56 Å². The average Bonchev–Trinajstić information content (AvgIpc) is 3.26. The Morgan fingerprint density at radius 1 is 1.11 bits per heavy atom. The van der Waals surface area contributed by atoms with Gasteiger partial charge in [0.1, 0.15) is 5.82 Å². The van der Waals surface area contributed by atoms with Crippen molar-refractivity contribution in [2.45, 2.75) is 6.54 Å². The number of anilines is 2. The Morgan fingerprint density at radius 3 is 2.59 bits per heavy atom. The van der Waals surface area contributed by atoms with E-state index >= 15 is 0 Å². The Bertz CT molecular complexity index is 1090. The lowest BCUT2D eigenvalue weighted by Crippen LogP contribution is -2.10. The Labute approximate surface area is 163 Å². The van der Waals surface area contributed by atoms with Crippen molar-refractivity contribution in [3.05, 3.63) is 46.3 Å². The molecule has 0 atom stereocenters. The number of rotatable bonds is 5. The van der Waals surface area contributed by atoms with Gasteiger partial charge in [-0.2, -0.15) is 9.50 Å². The molecular weight excluding hydrogens is 391 g/mol. The summed E-state index contributed by atoms with van der Waals surface area (Å²) in [5, 5.41) is 20.9. The van der Waals surface area contributed by atoms with Crippen LogP contribution in [0.25, 0.3) is 17.0 Å². The summed E-state index contributed by atoms with van der Waals surface area (Å²) in [6, 6.07) is 8.77. The lowest BCUT2D eigenvalue weighted by Gasteiger charge is -2.05. The van der Waals surface area contributed by atoms with Crippen LogP contribution in [0.4, 0.5) is 11.8 Å². The van der Waals surface area contributed by atoms with Crippen LogP contribution in [0.1, 0.15) is 5.89 Å². The van der Waals surface area contributed by atoms with Gasteiger partial charge in [0, 0.05) is 29.7 Å². The van der Waals surface area contributed by atoms with Gasteiger partial charge in [0.15, 0.2) is 11.5 Å². The van der Waals surface area contributed by atoms with E-state index in [1.54, 1.807) is 39.7 Å². The summed E-state index contributed by atoms with van der Waals surface area (Å²) in [6.07, 6.45) is 0. The minimum Gasteiger partial charge on any atom is -0.360 e. The van der Waals surface area contributed by atoms with Crippen LogP contribution in [0.15, 0.2) is 34.9 Å². The van der Waals surface area contributed by atoms with E-state index in [2.05, 4.69) is 30.8 Å². The summed E-state index contributed by atoms with van der Waals surface area (Å²) in [5.74, 6) is 2.09. The second-order valence-corrected chi connectivity index (χ2v) is 6.78. The Morgan fingerprint density at radius 2 is 1.89 bits per heavy atom. The molecule has 0 amide bonds. The van der Waals surface area contributed by atoms with Gasteiger partial charge in [-0.25, -0.2) is 0 Å². The minimum atomic E-state index is 0.333. The molecule has 0 fully saturated rings. The van der Waals surface area contributed by atoms with Crippen LogP contribution in [0.5, 0.6) is 0 Å². The lowest BCUT2D eigenvalue weighted by atomic mass is 10.2. The van der Waals surface area contributed by atoms with Crippen LogP contribution in [-0.4, -0.2) is 44.0 Å². The fourth-order valence-corrected chi connectivity index (χ4v) is 2.94. The number of hydrogen-bond acceptors (Lipinski definition) is 8. The topological polar surface area (TPSA) is 97.3 Å². The van der Waals surface area contributed by atoms with E-state index in [9.17, 15) is 0 Å². The van der Waals surface area contributed by atoms with Crippen LogP contribution in [0.3, 0.4) is 0 Å². The summed E-state index contributed by atoms with van der Waals surface area (Å²) in [5.41, 5.74) is 1.32. The average molecular weight is 405 g/mol. The zero-order valence-electron chi connectivity index (χ0n) is 14.4. The van der Waals surface area contributed by atoms with Crippen LogP contribution in [-0.2, 0) is 6.54 Å². The molecule has 1 N–H and O–H groups in total. The van der Waals surface area contributed by atoms with Gasteiger partial charge in [-0.15, -0.1) is 15.3 Å². The van der Waals surface area contributed by atoms with Gasteiger partial charge in [0.05, 0.1) is 6.54 Å². The molecule has 0 saturated carbocycles. The number of fused-ring (bicyclic) bond motifs is 1. The molecule has 0 saturated heterocycles. The third-order valence-electron chi connectivity index (χ3n) is 3.66. The fourth-order valence-electron chi connectivity index (χ4n) is 2.41. The van der Waals surface area contributed by atoms with Gasteiger partial charge in [0.2, 0.25) is 5.89 Å². The second-order valence-electron chi connectivity index (χ2n) is 5.91. The number of hydrogen-bond donors (Lipinski definition) is 1. The predicted octanol–water partition coefficient (Wildman–Crippen LogP) is 3.16. The molecule has 3 aromatic heterocycles. The zero-order chi connectivity index (χ0) is 19.0. The normalized spacial score (nSPS) is 11.1. The van der Waals surface area contributed by atoms with Crippen LogP contribution in [0.2, 0.25) is 10.0 Å². The highest BCUT2D eigenvalue weighted by Gasteiger charge is 2.12. The van der Waals surface area contributed by atoms with E-state index in [4.69, 9.17) is 27.7 Å². The van der Waals surface area contributed by atoms with Gasteiger partial charge < -0.3 is 14.7 Å². The van der Waals surface area contributed by atoms with Gasteiger partial charge in [-0.1, -0.05) is 23.2 Å². The molecule has 9 nitrogen and oxygen atoms in total. The first-order valence-electron chi connectivity index (χ1n) is 7.92. The third kappa shape index (κ3) is 3.64. The molecule has 11 heteroatoms. The molecular formula is C16H14Cl2N8O. The third-order valence-corrected chi connectivity index (χ3v) is 4.10. The molecule has 0 aliphatic heterocycles. The molecule has 138 valence electrons. The summed E-state index contributed by atoms with van der Waals surface area (Å²) in [7, 11) is 3.68. The van der Waals surface area contributed by atoms with Gasteiger partial charge in [0.25, 0.3) is 5.95 Å². The van der Waals surface area contributed by atoms with Crippen molar-refractivity contribution in [2.24, 2.45) is 0 Å². The Hall–Kier alpha value is -2.91. The van der Waals surface area contributed by atoms with Crippen LogP contribution < -0.4 is 10.2 Å². The number of benzene rings is 1. The van der Waals surface area contributed by atoms with E-state index in [-0.39, 0.29) is 0 Å². The molecule has 0 unspecified atom stereocenters. The highest BCUT2D eigenvalue weighted by Crippen LogP contribution is 2.26. The first kappa shape index (κ1) is 17.5. The van der Waals surface area contributed by atoms with Crippen molar-refractivity contribution in [3.63, 3.8) is 0 Å². The number of aromatic nitrogens is 6. The molecule has 0 aliphatic carbocycles. The molecule has 0 aliphatic rings. The summed E-state index contributed by atoms with van der Waals surface area (Å²) >= 11 is 12.2. The maximum absolute atomic E-state index is 6.09. The van der Waals surface area contributed by atoms with Crippen molar-refractivity contribution < 1.29 is 4.52 Å². The highest BCUT2D eigenvalue weighted by molar-refractivity contribution is 6.35. The van der Waals surface area contributed by atoms with Gasteiger partial charge >= 0.3 is 0 Å². The SMILES string of the molecule is CN(C)c1noc(CNc2ccc3nnc(-c4cc(Cl)cc(Cl)c4)n3n2)n1. The minimum absolute atomic E-state index is 0.333. The molecule has 0 bridgehead atoms. The first-order valence-corrected chi connectivity index (χ1v) is 8.68. The van der Waals surface area contributed by atoms with Crippen LogP contribution >= 0.6 is 23.2 Å². The van der Waals surface area contributed by atoms with E-state index < -0.39 is 0 Å². The summed E-state index contributed by atoms with van der Waals surface area (Å²) < 4.78 is 6.80. The quantitative estimate of drug-likeness (QED) is 0.541. The Kier molecular flexibility index (Phi) is 4.54. The molecule has 1 aromatic carbocycles. The second kappa shape index (κ2) is 7.01. The maximum atomic E-state index is 6.09. The summed E-state index contributed by atoms with van der Waals surface area (Å²) in [4.78, 5) is 6.02. The zero-order valence-corrected chi connectivity index (χ0v) is 15.9. The number of nitrogens with zero attached hydrogens (tertiary/aromatic N) is 7. The molecule has 0 spiro atoms. The van der Waals surface area contributed by atoms with E-state index in [1.165, 1.54) is 0 Å². The van der Waals surface area contributed by atoms with Crippen LogP contribution in [0, 0.1) is 0 Å². The number of nitrogens with one attached hydrogen (secondary N) is 1.